The number of allylic oxidation sites excluding steroid dienone is 4. The van der Waals surface area contributed by atoms with Crippen LogP contribution < -0.4 is 0 Å². The van der Waals surface area contributed by atoms with Crippen molar-refractivity contribution in [3.05, 3.63) is 22.8 Å². The molecule has 2 bridgehead atoms. The van der Waals surface area contributed by atoms with Crippen LogP contribution in [0.4, 0.5) is 0 Å². The highest BCUT2D eigenvalue weighted by atomic mass is 35.5. The van der Waals surface area contributed by atoms with E-state index in [1.165, 1.54) is 18.8 Å². The maximum atomic E-state index is 13.5. The van der Waals surface area contributed by atoms with Crippen molar-refractivity contribution in [1.29, 1.82) is 0 Å². The fourth-order valence-corrected chi connectivity index (χ4v) is 9.52. The Kier molecular flexibility index (Phi) is 4.92. The Morgan fingerprint density at radius 3 is 2.53 bits per heavy atom. The lowest BCUT2D eigenvalue weighted by molar-refractivity contribution is -0.199. The minimum absolute atomic E-state index is 0.0315. The molecular formula is C27H35ClO4. The largest absolute Gasteiger partial charge is 0.469 e. The van der Waals surface area contributed by atoms with Gasteiger partial charge in [0.2, 0.25) is 0 Å². The van der Waals surface area contributed by atoms with E-state index < -0.39 is 5.41 Å². The average Bonchev–Trinajstić information content (AvgIpc) is 2.75. The molecule has 3 fully saturated rings. The molecule has 6 aliphatic carbocycles. The van der Waals surface area contributed by atoms with Crippen molar-refractivity contribution in [2.45, 2.75) is 66.2 Å². The van der Waals surface area contributed by atoms with Crippen LogP contribution >= 0.6 is 11.6 Å². The van der Waals surface area contributed by atoms with Crippen LogP contribution in [0.5, 0.6) is 0 Å². The summed E-state index contributed by atoms with van der Waals surface area (Å²) in [6, 6.07) is 0. The van der Waals surface area contributed by atoms with Crippen molar-refractivity contribution in [2.75, 3.05) is 7.11 Å². The molecule has 6 rings (SSSR count). The van der Waals surface area contributed by atoms with E-state index in [2.05, 4.69) is 33.8 Å². The fraction of sp³-hybridized carbons (Fsp3) is 0.741. The molecule has 3 saturated carbocycles. The molecule has 6 aliphatic rings. The van der Waals surface area contributed by atoms with Gasteiger partial charge in [-0.25, -0.2) is 0 Å². The molecule has 0 unspecified atom stereocenters. The van der Waals surface area contributed by atoms with Gasteiger partial charge in [0, 0.05) is 23.3 Å². The topological polar surface area (TPSA) is 60.4 Å². The fourth-order valence-electron chi connectivity index (χ4n) is 9.29. The number of hydrogen-bond acceptors (Lipinski definition) is 4. The quantitative estimate of drug-likeness (QED) is 0.405. The molecule has 0 aromatic heterocycles. The van der Waals surface area contributed by atoms with E-state index in [0.29, 0.717) is 5.92 Å². The number of carbonyl (C=O) groups is 3. The van der Waals surface area contributed by atoms with E-state index in [9.17, 15) is 14.4 Å². The summed E-state index contributed by atoms with van der Waals surface area (Å²) in [5.74, 6) is 0.180. The molecule has 32 heavy (non-hydrogen) atoms. The van der Waals surface area contributed by atoms with Crippen LogP contribution in [0.15, 0.2) is 22.8 Å². The Bertz CT molecular complexity index is 963. The number of carbonyl (C=O) groups excluding carboxylic acids is 3. The first-order valence-corrected chi connectivity index (χ1v) is 12.7. The van der Waals surface area contributed by atoms with Gasteiger partial charge < -0.3 is 4.74 Å². The number of Topliss-reactive ketones (excluding diaryl/α,β-unsaturated/α-hetero) is 1. The Balaban J connectivity index is 1.67. The highest BCUT2D eigenvalue weighted by Gasteiger charge is 2.71. The zero-order valence-electron chi connectivity index (χ0n) is 19.9. The van der Waals surface area contributed by atoms with Crippen molar-refractivity contribution in [1.82, 2.24) is 0 Å². The summed E-state index contributed by atoms with van der Waals surface area (Å²) in [5, 5.41) is 0.103. The lowest BCUT2D eigenvalue weighted by Crippen LogP contribution is -2.67. The number of ether oxygens (including phenoxy) is 1. The molecule has 0 saturated heterocycles. The summed E-state index contributed by atoms with van der Waals surface area (Å²) in [6.45, 7) is 8.85. The van der Waals surface area contributed by atoms with Gasteiger partial charge in [-0.2, -0.15) is 0 Å². The van der Waals surface area contributed by atoms with Gasteiger partial charge in [0.05, 0.1) is 17.6 Å². The SMILES string of the molecule is COC(=O)[C@]1(C)CCC[C@@]2(C)[C@@H]3C[C@@H]4C(C(C)C)=C[C@@]3(CC[C@@H]21)[C@@H]1C(=O)C(Cl)=CC(=O)[C@@H]41. The number of ketones is 2. The minimum Gasteiger partial charge on any atom is -0.469 e. The molecule has 0 radical (unpaired) electrons. The number of fused-ring (bicyclic) bond motifs is 1. The van der Waals surface area contributed by atoms with Gasteiger partial charge in [0.1, 0.15) is 0 Å². The van der Waals surface area contributed by atoms with Crippen LogP contribution in [0.3, 0.4) is 0 Å². The molecule has 0 amide bonds. The predicted octanol–water partition coefficient (Wildman–Crippen LogP) is 5.49. The van der Waals surface area contributed by atoms with Gasteiger partial charge in [0.15, 0.2) is 11.6 Å². The van der Waals surface area contributed by atoms with Crippen molar-refractivity contribution in [3.8, 4) is 0 Å². The molecule has 1 spiro atoms. The van der Waals surface area contributed by atoms with Crippen molar-refractivity contribution in [2.24, 2.45) is 51.8 Å². The number of esters is 1. The first kappa shape index (κ1) is 22.4. The highest BCUT2D eigenvalue weighted by Crippen LogP contribution is 2.74. The van der Waals surface area contributed by atoms with Crippen molar-refractivity contribution in [3.63, 3.8) is 0 Å². The Morgan fingerprint density at radius 2 is 1.88 bits per heavy atom. The molecule has 8 atom stereocenters. The van der Waals surface area contributed by atoms with E-state index in [1.54, 1.807) is 0 Å². The first-order chi connectivity index (χ1) is 15.0. The van der Waals surface area contributed by atoms with Crippen LogP contribution in [0, 0.1) is 51.8 Å². The molecule has 0 N–H and O–H groups in total. The van der Waals surface area contributed by atoms with Gasteiger partial charge in [-0.05, 0) is 68.1 Å². The summed E-state index contributed by atoms with van der Waals surface area (Å²) < 4.78 is 5.29. The molecule has 174 valence electrons. The molecule has 4 nitrogen and oxygen atoms in total. The lowest BCUT2D eigenvalue weighted by Gasteiger charge is -2.69. The molecule has 5 heteroatoms. The average molecular weight is 459 g/mol. The van der Waals surface area contributed by atoms with E-state index in [-0.39, 0.29) is 63.0 Å². The van der Waals surface area contributed by atoms with Crippen molar-refractivity contribution < 1.29 is 19.1 Å². The molecule has 0 aromatic rings. The summed E-state index contributed by atoms with van der Waals surface area (Å²) >= 11 is 6.33. The second-order valence-corrected chi connectivity index (χ2v) is 12.3. The number of rotatable bonds is 2. The number of halogens is 1. The second-order valence-electron chi connectivity index (χ2n) is 11.9. The van der Waals surface area contributed by atoms with Crippen LogP contribution in [-0.2, 0) is 19.1 Å². The Morgan fingerprint density at radius 1 is 1.16 bits per heavy atom. The van der Waals surface area contributed by atoms with E-state index >= 15 is 0 Å². The van der Waals surface area contributed by atoms with E-state index in [0.717, 1.165) is 38.5 Å². The normalized spacial score (nSPS) is 47.3. The van der Waals surface area contributed by atoms with E-state index in [4.69, 9.17) is 16.3 Å². The van der Waals surface area contributed by atoms with Crippen LogP contribution in [-0.4, -0.2) is 24.6 Å². The van der Waals surface area contributed by atoms with Gasteiger partial charge >= 0.3 is 5.97 Å². The van der Waals surface area contributed by atoms with Gasteiger partial charge in [-0.3, -0.25) is 14.4 Å². The summed E-state index contributed by atoms with van der Waals surface area (Å²) in [5.41, 5.74) is 0.440. The molecule has 0 aliphatic heterocycles. The van der Waals surface area contributed by atoms with Crippen LogP contribution in [0.25, 0.3) is 0 Å². The smallest absolute Gasteiger partial charge is 0.311 e. The zero-order valence-corrected chi connectivity index (χ0v) is 20.6. The summed E-state index contributed by atoms with van der Waals surface area (Å²) in [6.07, 6.45) is 9.33. The molecule has 0 aromatic carbocycles. The minimum atomic E-state index is -0.492. The Labute approximate surface area is 196 Å². The van der Waals surface area contributed by atoms with Gasteiger partial charge in [0.25, 0.3) is 0 Å². The maximum absolute atomic E-state index is 13.5. The zero-order chi connectivity index (χ0) is 23.2. The molecule has 0 heterocycles. The third kappa shape index (κ3) is 2.59. The third-order valence-corrected chi connectivity index (χ3v) is 10.7. The van der Waals surface area contributed by atoms with E-state index in [1.807, 2.05) is 0 Å². The van der Waals surface area contributed by atoms with Gasteiger partial charge in [-0.15, -0.1) is 0 Å². The second kappa shape index (κ2) is 7.04. The van der Waals surface area contributed by atoms with Crippen LogP contribution in [0.1, 0.15) is 66.2 Å². The monoisotopic (exact) mass is 458 g/mol. The van der Waals surface area contributed by atoms with Gasteiger partial charge in [-0.1, -0.05) is 50.4 Å². The summed E-state index contributed by atoms with van der Waals surface area (Å²) in [7, 11) is 1.50. The van der Waals surface area contributed by atoms with Crippen molar-refractivity contribution >= 4 is 29.1 Å². The molecular weight excluding hydrogens is 424 g/mol. The summed E-state index contributed by atoms with van der Waals surface area (Å²) in [4.78, 5) is 39.7. The standard InChI is InChI=1S/C27H35ClO4/c1-14(2)16-13-27-10-7-19-25(3,8-6-9-26(19,4)24(31)32-5)20(27)11-15(16)21-18(29)12-17(28)23(30)22(21)27/h12-15,19-22H,6-11H2,1-5H3/t15-,19+,20+,21-,22+,25-,26-,27-/m1/s1. The number of hydrogen-bond donors (Lipinski definition) is 0. The first-order valence-electron chi connectivity index (χ1n) is 12.3. The maximum Gasteiger partial charge on any atom is 0.311 e. The number of methoxy groups -OCH3 is 1. The predicted molar refractivity (Wildman–Crippen MR) is 123 cm³/mol. The highest BCUT2D eigenvalue weighted by molar-refractivity contribution is 6.45. The Hall–Kier alpha value is -1.42. The van der Waals surface area contributed by atoms with Crippen LogP contribution in [0.2, 0.25) is 0 Å². The third-order valence-electron chi connectivity index (χ3n) is 10.4. The lowest BCUT2D eigenvalue weighted by atomic mass is 9.33.